The molecule has 2 aromatic heterocycles. The number of methoxy groups -OCH3 is 1. The number of ether oxygens (including phenoxy) is 1. The van der Waals surface area contributed by atoms with Gasteiger partial charge in [0.1, 0.15) is 17.3 Å². The van der Waals surface area contributed by atoms with Crippen LogP contribution in [0, 0.1) is 0 Å². The summed E-state index contributed by atoms with van der Waals surface area (Å²) in [6.07, 6.45) is 7.33. The Morgan fingerprint density at radius 3 is 2.54 bits per heavy atom. The molecule has 37 heavy (non-hydrogen) atoms. The number of benzene rings is 2. The molecule has 0 radical (unpaired) electrons. The molecule has 0 fully saturated rings. The topological polar surface area (TPSA) is 77.6 Å². The average molecular weight is 502 g/mol. The van der Waals surface area contributed by atoms with Crippen LogP contribution in [0.2, 0.25) is 0 Å². The molecule has 1 unspecified atom stereocenters. The van der Waals surface area contributed by atoms with E-state index in [1.807, 2.05) is 61.5 Å². The van der Waals surface area contributed by atoms with Crippen molar-refractivity contribution in [2.45, 2.75) is 65.0 Å². The molecule has 0 saturated carbocycles. The summed E-state index contributed by atoms with van der Waals surface area (Å²) in [4.78, 5) is 34.1. The highest BCUT2D eigenvalue weighted by Crippen LogP contribution is 2.29. The van der Waals surface area contributed by atoms with Crippen LogP contribution in [-0.2, 0) is 11.3 Å². The maximum absolute atomic E-state index is 13.8. The van der Waals surface area contributed by atoms with Gasteiger partial charge in [-0.1, -0.05) is 56.9 Å². The summed E-state index contributed by atoms with van der Waals surface area (Å²) < 4.78 is 12.8. The molecule has 0 spiro atoms. The van der Waals surface area contributed by atoms with Crippen LogP contribution < -0.4 is 10.3 Å². The predicted molar refractivity (Wildman–Crippen MR) is 145 cm³/mol. The maximum atomic E-state index is 13.8. The quantitative estimate of drug-likeness (QED) is 0.209. The lowest BCUT2D eigenvalue weighted by molar-refractivity contribution is -0.134. The first kappa shape index (κ1) is 26.2. The fourth-order valence-electron chi connectivity index (χ4n) is 4.65. The van der Waals surface area contributed by atoms with Crippen molar-refractivity contribution < 1.29 is 13.9 Å². The summed E-state index contributed by atoms with van der Waals surface area (Å²) >= 11 is 0. The molecular weight excluding hydrogens is 466 g/mol. The van der Waals surface area contributed by atoms with Crippen LogP contribution in [0.4, 0.5) is 0 Å². The van der Waals surface area contributed by atoms with Crippen molar-refractivity contribution in [3.8, 4) is 11.4 Å². The smallest absolute Gasteiger partial charge is 0.266 e. The first-order chi connectivity index (χ1) is 18.0. The summed E-state index contributed by atoms with van der Waals surface area (Å²) in [5.41, 5.74) is 0.965. The predicted octanol–water partition coefficient (Wildman–Crippen LogP) is 6.44. The molecule has 4 rings (SSSR count). The summed E-state index contributed by atoms with van der Waals surface area (Å²) in [6, 6.07) is 17.8. The van der Waals surface area contributed by atoms with Crippen molar-refractivity contribution in [2.75, 3.05) is 7.11 Å². The fourth-order valence-corrected chi connectivity index (χ4v) is 4.65. The monoisotopic (exact) mass is 501 g/mol. The van der Waals surface area contributed by atoms with Gasteiger partial charge in [-0.25, -0.2) is 4.98 Å². The number of rotatable bonds is 12. The molecule has 0 aliphatic rings. The lowest BCUT2D eigenvalue weighted by atomic mass is 10.1. The second kappa shape index (κ2) is 12.4. The average Bonchev–Trinajstić information content (AvgIpc) is 3.44. The van der Waals surface area contributed by atoms with E-state index in [1.54, 1.807) is 28.9 Å². The van der Waals surface area contributed by atoms with Gasteiger partial charge in [0.05, 0.1) is 42.5 Å². The van der Waals surface area contributed by atoms with Crippen LogP contribution in [0.15, 0.2) is 76.1 Å². The van der Waals surface area contributed by atoms with E-state index in [0.717, 1.165) is 25.7 Å². The number of carbonyl (C=O) groups excluding carboxylic acids is 1. The van der Waals surface area contributed by atoms with Crippen molar-refractivity contribution in [2.24, 2.45) is 0 Å². The van der Waals surface area contributed by atoms with Crippen molar-refractivity contribution in [3.63, 3.8) is 0 Å². The lowest BCUT2D eigenvalue weighted by Crippen LogP contribution is -2.37. The summed E-state index contributed by atoms with van der Waals surface area (Å²) in [6.45, 7) is 4.38. The Bertz CT molecular complexity index is 1380. The van der Waals surface area contributed by atoms with Gasteiger partial charge in [0.25, 0.3) is 5.56 Å². The number of hydrogen-bond acceptors (Lipinski definition) is 5. The molecule has 0 N–H and O–H groups in total. The van der Waals surface area contributed by atoms with E-state index in [2.05, 4.69) is 6.92 Å². The van der Waals surface area contributed by atoms with E-state index in [4.69, 9.17) is 14.1 Å². The van der Waals surface area contributed by atoms with Crippen LogP contribution in [0.3, 0.4) is 0 Å². The number of furan rings is 1. The van der Waals surface area contributed by atoms with Crippen LogP contribution in [-0.4, -0.2) is 27.5 Å². The molecule has 2 heterocycles. The summed E-state index contributed by atoms with van der Waals surface area (Å²) in [5, 5.41) is 0.504. The van der Waals surface area contributed by atoms with Crippen LogP contribution >= 0.6 is 0 Å². The molecule has 1 amide bonds. The van der Waals surface area contributed by atoms with Gasteiger partial charge >= 0.3 is 0 Å². The number of fused-ring (bicyclic) bond motifs is 1. The Morgan fingerprint density at radius 1 is 1.03 bits per heavy atom. The van der Waals surface area contributed by atoms with E-state index < -0.39 is 6.04 Å². The highest BCUT2D eigenvalue weighted by molar-refractivity contribution is 5.79. The number of amides is 1. The van der Waals surface area contributed by atoms with Gasteiger partial charge in [0, 0.05) is 6.42 Å². The highest BCUT2D eigenvalue weighted by atomic mass is 16.5. The van der Waals surface area contributed by atoms with Crippen LogP contribution in [0.1, 0.15) is 70.0 Å². The molecule has 0 bridgehead atoms. The van der Waals surface area contributed by atoms with Gasteiger partial charge in [-0.3, -0.25) is 14.2 Å². The Balaban J connectivity index is 1.79. The minimum absolute atomic E-state index is 0.00869. The third-order valence-electron chi connectivity index (χ3n) is 6.69. The SMILES string of the molecule is CCCCCCCC(=O)N(Cc1ccco1)C(C)c1nc2ccccc2c(=O)n1-c1ccccc1OC. The highest BCUT2D eigenvalue weighted by Gasteiger charge is 2.28. The van der Waals surface area contributed by atoms with Crippen LogP contribution in [0.25, 0.3) is 16.6 Å². The van der Waals surface area contributed by atoms with Gasteiger partial charge in [-0.05, 0) is 49.7 Å². The zero-order chi connectivity index (χ0) is 26.2. The van der Waals surface area contributed by atoms with E-state index in [-0.39, 0.29) is 18.0 Å². The van der Waals surface area contributed by atoms with Crippen LogP contribution in [0.5, 0.6) is 5.75 Å². The lowest BCUT2D eigenvalue weighted by Gasteiger charge is -2.30. The third-order valence-corrected chi connectivity index (χ3v) is 6.69. The zero-order valence-electron chi connectivity index (χ0n) is 21.9. The van der Waals surface area contributed by atoms with Gasteiger partial charge < -0.3 is 14.1 Å². The Morgan fingerprint density at radius 2 is 1.78 bits per heavy atom. The number of hydrogen-bond donors (Lipinski definition) is 0. The summed E-state index contributed by atoms with van der Waals surface area (Å²) in [7, 11) is 1.58. The third kappa shape index (κ3) is 5.93. The molecule has 0 aliphatic carbocycles. The van der Waals surface area contributed by atoms with Crippen molar-refractivity contribution in [3.05, 3.63) is 88.9 Å². The van der Waals surface area contributed by atoms with E-state index in [9.17, 15) is 9.59 Å². The first-order valence-electron chi connectivity index (χ1n) is 13.0. The van der Waals surface area contributed by atoms with Crippen molar-refractivity contribution >= 4 is 16.8 Å². The minimum atomic E-state index is -0.504. The van der Waals surface area contributed by atoms with Gasteiger partial charge in [-0.15, -0.1) is 0 Å². The van der Waals surface area contributed by atoms with Crippen molar-refractivity contribution in [1.82, 2.24) is 14.5 Å². The van der Waals surface area contributed by atoms with E-state index >= 15 is 0 Å². The molecular formula is C30H35N3O4. The maximum Gasteiger partial charge on any atom is 0.266 e. The molecule has 7 heteroatoms. The number of unbranched alkanes of at least 4 members (excludes halogenated alkanes) is 4. The fraction of sp³-hybridized carbons (Fsp3) is 0.367. The second-order valence-electron chi connectivity index (χ2n) is 9.24. The Hall–Kier alpha value is -3.87. The normalized spacial score (nSPS) is 12.0. The van der Waals surface area contributed by atoms with E-state index in [0.29, 0.717) is 40.3 Å². The van der Waals surface area contributed by atoms with Gasteiger partial charge in [0.2, 0.25) is 5.91 Å². The molecule has 0 aliphatic heterocycles. The number of carbonyl (C=O) groups is 1. The molecule has 1 atom stereocenters. The molecule has 0 saturated heterocycles. The number of para-hydroxylation sites is 3. The number of nitrogens with zero attached hydrogens (tertiary/aromatic N) is 3. The molecule has 2 aromatic carbocycles. The standard InChI is InChI=1S/C30H35N3O4/c1-4-5-6-7-8-19-28(34)32(21-23-14-13-20-37-23)22(2)29-31-25-16-10-9-15-24(25)30(35)33(29)26-17-11-12-18-27(26)36-3/h9-18,20,22H,4-8,19,21H2,1-3H3. The molecule has 7 nitrogen and oxygen atoms in total. The zero-order valence-corrected chi connectivity index (χ0v) is 21.9. The van der Waals surface area contributed by atoms with E-state index in [1.165, 1.54) is 6.42 Å². The minimum Gasteiger partial charge on any atom is -0.495 e. The second-order valence-corrected chi connectivity index (χ2v) is 9.24. The largest absolute Gasteiger partial charge is 0.495 e. The first-order valence-corrected chi connectivity index (χ1v) is 13.0. The van der Waals surface area contributed by atoms with Crippen molar-refractivity contribution in [1.29, 1.82) is 0 Å². The van der Waals surface area contributed by atoms with Gasteiger partial charge in [-0.2, -0.15) is 0 Å². The van der Waals surface area contributed by atoms with Gasteiger partial charge in [0.15, 0.2) is 0 Å². The summed E-state index contributed by atoms with van der Waals surface area (Å²) in [5.74, 6) is 1.71. The molecule has 194 valence electrons. The molecule has 4 aromatic rings. The Kier molecular flexibility index (Phi) is 8.77. The Labute approximate surface area is 217 Å². The number of aromatic nitrogens is 2.